The highest BCUT2D eigenvalue weighted by Gasteiger charge is 2.07. The Balaban J connectivity index is 3.20. The molecule has 0 saturated carbocycles. The normalized spacial score (nSPS) is 10.0. The van der Waals surface area contributed by atoms with Crippen LogP contribution in [0.5, 0.6) is 5.75 Å². The zero-order valence-corrected chi connectivity index (χ0v) is 9.79. The van der Waals surface area contributed by atoms with Crippen LogP contribution in [0.15, 0.2) is 12.1 Å². The number of methoxy groups -OCH3 is 1. The third-order valence-electron chi connectivity index (χ3n) is 2.13. The van der Waals surface area contributed by atoms with Gasteiger partial charge in [0, 0.05) is 5.56 Å². The van der Waals surface area contributed by atoms with Gasteiger partial charge in [-0.25, -0.2) is 0 Å². The number of ether oxygens (including phenoxy) is 1. The van der Waals surface area contributed by atoms with Gasteiger partial charge in [0.2, 0.25) is 0 Å². The zero-order chi connectivity index (χ0) is 10.7. The van der Waals surface area contributed by atoms with Gasteiger partial charge < -0.3 is 4.74 Å². The Bertz CT molecular complexity index is 337. The summed E-state index contributed by atoms with van der Waals surface area (Å²) in [5, 5.41) is 8.32. The maximum absolute atomic E-state index is 7.72. The van der Waals surface area contributed by atoms with Crippen molar-refractivity contribution in [2.45, 2.75) is 13.8 Å². The third kappa shape index (κ3) is 2.10. The largest absolute Gasteiger partial charge is 0.496 e. The maximum atomic E-state index is 7.72. The summed E-state index contributed by atoms with van der Waals surface area (Å²) < 4.78 is 5.27. The minimum absolute atomic E-state index is 0.596. The Kier molecular flexibility index (Phi) is 3.58. The predicted octanol–water partition coefficient (Wildman–Crippen LogP) is 3.00. The summed E-state index contributed by atoms with van der Waals surface area (Å²) in [6.07, 6.45) is 1.91. The quantitative estimate of drug-likeness (QED) is 0.600. The third-order valence-corrected chi connectivity index (χ3v) is 2.77. The number of thioether (sulfide) groups is 1. The molecule has 0 amide bonds. The van der Waals surface area contributed by atoms with E-state index in [1.165, 1.54) is 11.8 Å². The lowest BCUT2D eigenvalue weighted by atomic mass is 10.1. The molecule has 0 spiro atoms. The molecule has 0 unspecified atom stereocenters. The highest BCUT2D eigenvalue weighted by molar-refractivity contribution is 8.13. The number of aryl methyl sites for hydroxylation is 2. The average Bonchev–Trinajstić information content (AvgIpc) is 2.16. The molecule has 0 bridgehead atoms. The summed E-state index contributed by atoms with van der Waals surface area (Å²) in [6.45, 7) is 4.01. The van der Waals surface area contributed by atoms with Crippen LogP contribution < -0.4 is 4.74 Å². The molecule has 0 aliphatic rings. The Labute approximate surface area is 89.2 Å². The number of benzene rings is 1. The second kappa shape index (κ2) is 4.51. The molecule has 3 heteroatoms. The van der Waals surface area contributed by atoms with E-state index in [9.17, 15) is 0 Å². The first-order chi connectivity index (χ1) is 6.60. The van der Waals surface area contributed by atoms with Crippen molar-refractivity contribution in [1.82, 2.24) is 0 Å². The standard InChI is InChI=1S/C11H15NOS/c1-7-5-9(11(12)14-4)6-8(2)10(7)13-3/h5-6,12H,1-4H3. The Morgan fingerprint density at radius 1 is 1.29 bits per heavy atom. The molecule has 0 saturated heterocycles. The van der Waals surface area contributed by atoms with E-state index in [2.05, 4.69) is 0 Å². The summed E-state index contributed by atoms with van der Waals surface area (Å²) in [5.74, 6) is 0.919. The summed E-state index contributed by atoms with van der Waals surface area (Å²) in [5.41, 5.74) is 3.14. The van der Waals surface area contributed by atoms with E-state index in [1.54, 1.807) is 7.11 Å². The molecule has 76 valence electrons. The number of nitrogens with one attached hydrogen (secondary N) is 1. The molecule has 0 aromatic heterocycles. The minimum Gasteiger partial charge on any atom is -0.496 e. The van der Waals surface area contributed by atoms with Crippen molar-refractivity contribution in [2.75, 3.05) is 13.4 Å². The predicted molar refractivity (Wildman–Crippen MR) is 62.8 cm³/mol. The monoisotopic (exact) mass is 209 g/mol. The number of hydrogen-bond donors (Lipinski definition) is 1. The molecule has 0 atom stereocenters. The van der Waals surface area contributed by atoms with Crippen molar-refractivity contribution in [3.63, 3.8) is 0 Å². The molecule has 1 aromatic rings. The van der Waals surface area contributed by atoms with Gasteiger partial charge in [0.1, 0.15) is 5.75 Å². The summed E-state index contributed by atoms with van der Waals surface area (Å²) in [6, 6.07) is 3.98. The molecule has 2 nitrogen and oxygen atoms in total. The van der Waals surface area contributed by atoms with Gasteiger partial charge in [0.05, 0.1) is 12.2 Å². The van der Waals surface area contributed by atoms with Crippen molar-refractivity contribution in [3.8, 4) is 5.75 Å². The van der Waals surface area contributed by atoms with Crippen molar-refractivity contribution in [1.29, 1.82) is 5.41 Å². The lowest BCUT2D eigenvalue weighted by Crippen LogP contribution is -1.97. The lowest BCUT2D eigenvalue weighted by Gasteiger charge is -2.10. The number of hydrogen-bond acceptors (Lipinski definition) is 3. The second-order valence-corrected chi connectivity index (χ2v) is 3.99. The fourth-order valence-corrected chi connectivity index (χ4v) is 1.87. The average molecular weight is 209 g/mol. The summed E-state index contributed by atoms with van der Waals surface area (Å²) in [7, 11) is 1.68. The smallest absolute Gasteiger partial charge is 0.124 e. The van der Waals surface area contributed by atoms with Crippen LogP contribution in [0.1, 0.15) is 16.7 Å². The molecule has 1 aromatic carbocycles. The lowest BCUT2D eigenvalue weighted by molar-refractivity contribution is 0.408. The fraction of sp³-hybridized carbons (Fsp3) is 0.364. The maximum Gasteiger partial charge on any atom is 0.124 e. The van der Waals surface area contributed by atoms with Gasteiger partial charge in [-0.05, 0) is 43.4 Å². The molecule has 0 heterocycles. The SMILES string of the molecule is COc1c(C)cc(C(=N)SC)cc1C. The molecule has 0 aliphatic heterocycles. The van der Waals surface area contributed by atoms with E-state index in [-0.39, 0.29) is 0 Å². The topological polar surface area (TPSA) is 33.1 Å². The molecule has 0 aliphatic carbocycles. The van der Waals surface area contributed by atoms with Gasteiger partial charge in [-0.15, -0.1) is 11.8 Å². The zero-order valence-electron chi connectivity index (χ0n) is 8.97. The molecule has 1 N–H and O–H groups in total. The van der Waals surface area contributed by atoms with Crippen molar-refractivity contribution < 1.29 is 4.74 Å². The van der Waals surface area contributed by atoms with E-state index >= 15 is 0 Å². The van der Waals surface area contributed by atoms with Gasteiger partial charge in [-0.1, -0.05) is 0 Å². The van der Waals surface area contributed by atoms with Crippen molar-refractivity contribution >= 4 is 16.8 Å². The van der Waals surface area contributed by atoms with E-state index < -0.39 is 0 Å². The Hall–Kier alpha value is -0.960. The van der Waals surface area contributed by atoms with Gasteiger partial charge in [-0.3, -0.25) is 5.41 Å². The summed E-state index contributed by atoms with van der Waals surface area (Å²) in [4.78, 5) is 0. The molecular formula is C11H15NOS. The second-order valence-electron chi connectivity index (χ2n) is 3.18. The number of rotatable bonds is 2. The molecule has 1 rings (SSSR count). The first-order valence-corrected chi connectivity index (χ1v) is 5.60. The molecular weight excluding hydrogens is 194 g/mol. The van der Waals surface area contributed by atoms with Gasteiger partial charge in [0.15, 0.2) is 0 Å². The molecule has 0 radical (unpaired) electrons. The molecule has 0 fully saturated rings. The first kappa shape index (κ1) is 11.1. The Morgan fingerprint density at radius 2 is 1.79 bits per heavy atom. The van der Waals surface area contributed by atoms with Crippen LogP contribution in [0.2, 0.25) is 0 Å². The van der Waals surface area contributed by atoms with Crippen LogP contribution in [0, 0.1) is 19.3 Å². The van der Waals surface area contributed by atoms with Gasteiger partial charge >= 0.3 is 0 Å². The van der Waals surface area contributed by atoms with Gasteiger partial charge in [-0.2, -0.15) is 0 Å². The molecule has 14 heavy (non-hydrogen) atoms. The minimum atomic E-state index is 0.596. The van der Waals surface area contributed by atoms with Crippen LogP contribution in [-0.4, -0.2) is 18.4 Å². The van der Waals surface area contributed by atoms with E-state index in [1.807, 2.05) is 32.2 Å². The van der Waals surface area contributed by atoms with Crippen LogP contribution in [0.25, 0.3) is 0 Å². The van der Waals surface area contributed by atoms with Crippen molar-refractivity contribution in [3.05, 3.63) is 28.8 Å². The summed E-state index contributed by atoms with van der Waals surface area (Å²) >= 11 is 1.45. The van der Waals surface area contributed by atoms with Crippen LogP contribution >= 0.6 is 11.8 Å². The van der Waals surface area contributed by atoms with E-state index in [4.69, 9.17) is 10.1 Å². The first-order valence-electron chi connectivity index (χ1n) is 4.38. The van der Waals surface area contributed by atoms with Crippen LogP contribution in [0.4, 0.5) is 0 Å². The van der Waals surface area contributed by atoms with Crippen LogP contribution in [-0.2, 0) is 0 Å². The van der Waals surface area contributed by atoms with Crippen molar-refractivity contribution in [2.24, 2.45) is 0 Å². The Morgan fingerprint density at radius 3 is 2.14 bits per heavy atom. The fourth-order valence-electron chi connectivity index (χ4n) is 1.52. The van der Waals surface area contributed by atoms with E-state index in [0.29, 0.717) is 5.04 Å². The van der Waals surface area contributed by atoms with Crippen LogP contribution in [0.3, 0.4) is 0 Å². The highest BCUT2D eigenvalue weighted by atomic mass is 32.2. The van der Waals surface area contributed by atoms with E-state index in [0.717, 1.165) is 22.4 Å². The highest BCUT2D eigenvalue weighted by Crippen LogP contribution is 2.25. The van der Waals surface area contributed by atoms with Gasteiger partial charge in [0.25, 0.3) is 0 Å².